The molecule has 0 saturated heterocycles. The Bertz CT molecular complexity index is 1100. The number of fused-ring (bicyclic) bond motifs is 1. The molecule has 0 radical (unpaired) electrons. The Labute approximate surface area is 172 Å². The van der Waals surface area contributed by atoms with E-state index in [-0.39, 0.29) is 12.4 Å². The molecule has 0 unspecified atom stereocenters. The van der Waals surface area contributed by atoms with Crippen molar-refractivity contribution in [1.82, 2.24) is 14.9 Å². The highest BCUT2D eigenvalue weighted by Crippen LogP contribution is 2.34. The molecule has 2 heterocycles. The zero-order chi connectivity index (χ0) is 19.9. The highest BCUT2D eigenvalue weighted by Gasteiger charge is 2.22. The summed E-state index contributed by atoms with van der Waals surface area (Å²) in [5.74, 6) is -1.96. The first kappa shape index (κ1) is 21.8. The molecule has 0 aliphatic heterocycles. The topological polar surface area (TPSA) is 109 Å². The number of hydrogen-bond acceptors (Lipinski definition) is 4. The molecule has 3 rings (SSSR count). The molecule has 0 amide bonds. The summed E-state index contributed by atoms with van der Waals surface area (Å²) in [6.07, 6.45) is 0.355. The number of carboxylic acids is 1. The van der Waals surface area contributed by atoms with E-state index in [0.29, 0.717) is 34.8 Å². The second kappa shape index (κ2) is 8.26. The minimum Gasteiger partial charge on any atom is -0.506 e. The quantitative estimate of drug-likeness (QED) is 0.498. The number of aromatic nitrogens is 2. The Morgan fingerprint density at radius 2 is 1.93 bits per heavy atom. The molecule has 0 aliphatic rings. The van der Waals surface area contributed by atoms with Crippen LogP contribution in [0, 0.1) is 0 Å². The third-order valence-corrected chi connectivity index (χ3v) is 4.86. The molecule has 0 fully saturated rings. The van der Waals surface area contributed by atoms with Crippen LogP contribution in [0.3, 0.4) is 0 Å². The van der Waals surface area contributed by atoms with Crippen molar-refractivity contribution in [2.75, 3.05) is 14.1 Å². The molecule has 28 heavy (non-hydrogen) atoms. The Morgan fingerprint density at radius 3 is 2.50 bits per heavy atom. The summed E-state index contributed by atoms with van der Waals surface area (Å²) in [4.78, 5) is 31.3. The van der Waals surface area contributed by atoms with E-state index < -0.39 is 22.8 Å². The molecule has 9 heteroatoms. The first-order valence-electron chi connectivity index (χ1n) is 8.41. The van der Waals surface area contributed by atoms with Crippen LogP contribution in [0.25, 0.3) is 22.2 Å². The van der Waals surface area contributed by atoms with Gasteiger partial charge in [-0.1, -0.05) is 30.7 Å². The van der Waals surface area contributed by atoms with Gasteiger partial charge in [0.1, 0.15) is 5.75 Å². The molecule has 4 N–H and O–H groups in total. The van der Waals surface area contributed by atoms with Gasteiger partial charge in [-0.25, -0.2) is 4.79 Å². The van der Waals surface area contributed by atoms with Crippen LogP contribution in [0.15, 0.2) is 23.0 Å². The molecule has 150 valence electrons. The lowest BCUT2D eigenvalue weighted by atomic mass is 10.00. The molecule has 0 spiro atoms. The number of nitrogens with one attached hydrogen (secondary N) is 2. The summed E-state index contributed by atoms with van der Waals surface area (Å²) in [6, 6.07) is 5.44. The van der Waals surface area contributed by atoms with Gasteiger partial charge in [0, 0.05) is 34.3 Å². The van der Waals surface area contributed by atoms with E-state index in [4.69, 9.17) is 11.6 Å². The molecule has 0 saturated carbocycles. The van der Waals surface area contributed by atoms with Gasteiger partial charge >= 0.3 is 5.97 Å². The summed E-state index contributed by atoms with van der Waals surface area (Å²) in [6.45, 7) is 2.43. The van der Waals surface area contributed by atoms with Gasteiger partial charge < -0.3 is 25.1 Å². The zero-order valence-electron chi connectivity index (χ0n) is 15.6. The molecular formula is C19H21Cl2N3O4. The lowest BCUT2D eigenvalue weighted by Gasteiger charge is -2.12. The van der Waals surface area contributed by atoms with Gasteiger partial charge in [-0.3, -0.25) is 4.79 Å². The van der Waals surface area contributed by atoms with Gasteiger partial charge in [-0.15, -0.1) is 12.4 Å². The second-order valence-electron chi connectivity index (χ2n) is 6.61. The van der Waals surface area contributed by atoms with Gasteiger partial charge in [-0.05, 0) is 26.6 Å². The smallest absolute Gasteiger partial charge is 0.345 e. The highest BCUT2D eigenvalue weighted by atomic mass is 35.5. The number of carbonyl (C=O) groups is 1. The van der Waals surface area contributed by atoms with Crippen molar-refractivity contribution < 1.29 is 15.0 Å². The first-order valence-corrected chi connectivity index (χ1v) is 8.79. The predicted molar refractivity (Wildman–Crippen MR) is 112 cm³/mol. The lowest BCUT2D eigenvalue weighted by Crippen LogP contribution is -2.20. The number of rotatable bonds is 5. The molecule has 0 bridgehead atoms. The molecule has 2 aromatic heterocycles. The van der Waals surface area contributed by atoms with Crippen LogP contribution < -0.4 is 5.56 Å². The number of hydrogen-bond donors (Lipinski definition) is 4. The summed E-state index contributed by atoms with van der Waals surface area (Å²) >= 11 is 6.44. The number of aromatic amines is 2. The van der Waals surface area contributed by atoms with Crippen molar-refractivity contribution in [3.63, 3.8) is 0 Å². The number of benzene rings is 1. The molecule has 1 aromatic carbocycles. The molecule has 0 aliphatic carbocycles. The number of carboxylic acid groups (broad SMARTS) is 1. The maximum atomic E-state index is 12.2. The van der Waals surface area contributed by atoms with Crippen molar-refractivity contribution in [3.05, 3.63) is 50.4 Å². The minimum absolute atomic E-state index is 0. The molecule has 0 atom stereocenters. The summed E-state index contributed by atoms with van der Waals surface area (Å²) in [5.41, 5.74) is 1.60. The van der Waals surface area contributed by atoms with Crippen molar-refractivity contribution in [2.24, 2.45) is 0 Å². The van der Waals surface area contributed by atoms with Crippen molar-refractivity contribution in [2.45, 2.75) is 19.9 Å². The lowest BCUT2D eigenvalue weighted by molar-refractivity contribution is 0.0691. The number of H-pyrrole nitrogens is 2. The number of aromatic hydroxyl groups is 1. The van der Waals surface area contributed by atoms with Crippen LogP contribution in [0.5, 0.6) is 5.75 Å². The Hall–Kier alpha value is -2.48. The third-order valence-electron chi connectivity index (χ3n) is 4.43. The van der Waals surface area contributed by atoms with Crippen LogP contribution >= 0.6 is 24.0 Å². The number of halogens is 2. The number of aromatic carboxylic acids is 1. The van der Waals surface area contributed by atoms with E-state index in [1.54, 1.807) is 13.0 Å². The average molecular weight is 426 g/mol. The molecule has 7 nitrogen and oxygen atoms in total. The zero-order valence-corrected chi connectivity index (χ0v) is 17.2. The Morgan fingerprint density at radius 1 is 1.25 bits per heavy atom. The minimum atomic E-state index is -1.46. The van der Waals surface area contributed by atoms with Gasteiger partial charge in [0.25, 0.3) is 5.56 Å². The van der Waals surface area contributed by atoms with E-state index in [9.17, 15) is 19.8 Å². The Balaban J connectivity index is 0.00000280. The van der Waals surface area contributed by atoms with E-state index in [1.807, 2.05) is 31.1 Å². The predicted octanol–water partition coefficient (Wildman–Crippen LogP) is 3.63. The van der Waals surface area contributed by atoms with Crippen LogP contribution in [-0.4, -0.2) is 45.1 Å². The maximum absolute atomic E-state index is 12.2. The summed E-state index contributed by atoms with van der Waals surface area (Å²) in [5, 5.41) is 21.0. The summed E-state index contributed by atoms with van der Waals surface area (Å²) in [7, 11) is 3.89. The van der Waals surface area contributed by atoms with Crippen LogP contribution in [0.2, 0.25) is 5.02 Å². The van der Waals surface area contributed by atoms with Gasteiger partial charge in [0.15, 0.2) is 5.56 Å². The van der Waals surface area contributed by atoms with Crippen molar-refractivity contribution >= 4 is 40.9 Å². The monoisotopic (exact) mass is 425 g/mol. The maximum Gasteiger partial charge on any atom is 0.345 e. The van der Waals surface area contributed by atoms with Gasteiger partial charge in [-0.2, -0.15) is 0 Å². The van der Waals surface area contributed by atoms with E-state index >= 15 is 0 Å². The highest BCUT2D eigenvalue weighted by molar-refractivity contribution is 6.36. The van der Waals surface area contributed by atoms with Gasteiger partial charge in [0.2, 0.25) is 0 Å². The fourth-order valence-corrected chi connectivity index (χ4v) is 3.49. The van der Waals surface area contributed by atoms with E-state index in [0.717, 1.165) is 16.6 Å². The largest absolute Gasteiger partial charge is 0.506 e. The average Bonchev–Trinajstić information content (AvgIpc) is 2.88. The van der Waals surface area contributed by atoms with Gasteiger partial charge in [0.05, 0.1) is 10.7 Å². The van der Waals surface area contributed by atoms with E-state index in [1.165, 1.54) is 0 Å². The fourth-order valence-electron chi connectivity index (χ4n) is 3.22. The van der Waals surface area contributed by atoms with Crippen LogP contribution in [-0.2, 0) is 13.0 Å². The second-order valence-corrected chi connectivity index (χ2v) is 6.98. The standard InChI is InChI=1S/C19H20ClN3O4.ClH/c1-4-10-16(22-18(25)14(17(10)24)19(26)27)9-5-6-11-12(7-9)21-13(15(11)20)8-23(2)3;/h5-7,21H,4,8H2,1-3H3,(H,26,27)(H2,22,24,25);1H. The Kier molecular flexibility index (Phi) is 6.44. The first-order chi connectivity index (χ1) is 12.7. The van der Waals surface area contributed by atoms with Crippen LogP contribution in [0.4, 0.5) is 0 Å². The van der Waals surface area contributed by atoms with Crippen molar-refractivity contribution in [3.8, 4) is 17.0 Å². The third kappa shape index (κ3) is 3.73. The van der Waals surface area contributed by atoms with Crippen molar-refractivity contribution in [1.29, 1.82) is 0 Å². The van der Waals surface area contributed by atoms with Crippen LogP contribution in [0.1, 0.15) is 28.5 Å². The van der Waals surface area contributed by atoms with E-state index in [2.05, 4.69) is 9.97 Å². The fraction of sp³-hybridized carbons (Fsp3) is 0.263. The number of pyridine rings is 1. The molecule has 3 aromatic rings. The SMILES string of the molecule is CCc1c(-c2ccc3c(Cl)c(CN(C)C)[nH]c3c2)[nH]c(=O)c(C(=O)O)c1O.Cl. The summed E-state index contributed by atoms with van der Waals surface area (Å²) < 4.78 is 0. The normalized spacial score (nSPS) is 11.0. The number of nitrogens with zero attached hydrogens (tertiary/aromatic N) is 1. The molecular weight excluding hydrogens is 405 g/mol.